The number of nitrogens with zero attached hydrogens (tertiary/aromatic N) is 6. The van der Waals surface area contributed by atoms with Crippen LogP contribution in [0.4, 0.5) is 15.4 Å². The SMILES string of the molecule is CCC(CC)O[C@@H]1C=C(C(=O)OC[C@@H]2[C@H]3OC(C)(C)O[C@H]3[C@H](c3c[nH]c4c(N=[N+]=[N-])ncnc34)N2C(=O)OC(C)(C)C)C[C@H](NC(=O)OC(C)(C)C)[C@H]1NC(C)=O. The number of azide groups is 1. The third kappa shape index (κ3) is 10.1. The molecule has 2 aromatic heterocycles. The molecule has 2 fully saturated rings. The zero-order chi connectivity index (χ0) is 42.0. The minimum absolute atomic E-state index is 0.0316. The van der Waals surface area contributed by atoms with Gasteiger partial charge in [0, 0.05) is 35.6 Å². The molecule has 2 saturated heterocycles. The molecule has 19 heteroatoms. The molecule has 312 valence electrons. The second-order valence-electron chi connectivity index (χ2n) is 16.8. The van der Waals surface area contributed by atoms with Gasteiger partial charge in [-0.05, 0) is 85.0 Å². The summed E-state index contributed by atoms with van der Waals surface area (Å²) in [5, 5.41) is 9.40. The standard InChI is InChI=1S/C38H55N9O10/c1-12-21(13-2)53-25-15-20(14-23(27(25)43-19(3)48)44-34(50)56-36(4,5)6)33(49)52-17-24-30-31(55-38(10,11)54-30)29(47(24)35(51)57-37(7,8)9)22-16-40-28-26(22)41-18-42-32(28)45-46-39/h15-16,18,21,23-25,27,29-31,40H,12-14,17H2,1-11H3,(H,43,48)(H,44,50)/t23-,24+,25+,27+,29-,30+,31-/m0/s1. The van der Waals surface area contributed by atoms with E-state index in [4.69, 9.17) is 34.0 Å². The molecule has 57 heavy (non-hydrogen) atoms. The molecular weight excluding hydrogens is 742 g/mol. The van der Waals surface area contributed by atoms with E-state index >= 15 is 0 Å². The van der Waals surface area contributed by atoms with Gasteiger partial charge < -0.3 is 44.0 Å². The van der Waals surface area contributed by atoms with Gasteiger partial charge in [0.1, 0.15) is 36.3 Å². The van der Waals surface area contributed by atoms with Crippen molar-refractivity contribution < 1.29 is 47.6 Å². The van der Waals surface area contributed by atoms with Crippen LogP contribution in [0.2, 0.25) is 0 Å². The van der Waals surface area contributed by atoms with Gasteiger partial charge in [-0.3, -0.25) is 9.69 Å². The summed E-state index contributed by atoms with van der Waals surface area (Å²) >= 11 is 0. The minimum Gasteiger partial charge on any atom is -0.460 e. The highest BCUT2D eigenvalue weighted by Crippen LogP contribution is 2.49. The molecule has 7 atom stereocenters. The first-order valence-corrected chi connectivity index (χ1v) is 19.2. The lowest BCUT2D eigenvalue weighted by atomic mass is 9.87. The van der Waals surface area contributed by atoms with Gasteiger partial charge in [0.15, 0.2) is 11.6 Å². The Bertz CT molecular complexity index is 1910. The number of nitrogens with one attached hydrogen (secondary N) is 3. The first-order valence-electron chi connectivity index (χ1n) is 19.2. The molecule has 0 aromatic carbocycles. The Morgan fingerprint density at radius 1 is 1.05 bits per heavy atom. The molecule has 0 bridgehead atoms. The highest BCUT2D eigenvalue weighted by Gasteiger charge is 2.61. The summed E-state index contributed by atoms with van der Waals surface area (Å²) in [4.78, 5) is 69.8. The van der Waals surface area contributed by atoms with E-state index in [9.17, 15) is 19.2 Å². The van der Waals surface area contributed by atoms with Crippen LogP contribution in [-0.4, -0.2) is 110 Å². The van der Waals surface area contributed by atoms with E-state index in [1.165, 1.54) is 18.2 Å². The number of hydrogen-bond donors (Lipinski definition) is 3. The van der Waals surface area contributed by atoms with E-state index in [0.717, 1.165) is 0 Å². The largest absolute Gasteiger partial charge is 0.460 e. The number of amides is 3. The fourth-order valence-electron chi connectivity index (χ4n) is 7.45. The molecular formula is C38H55N9O10. The van der Waals surface area contributed by atoms with E-state index in [-0.39, 0.29) is 36.4 Å². The molecule has 0 saturated carbocycles. The Morgan fingerprint density at radius 2 is 1.72 bits per heavy atom. The predicted octanol–water partition coefficient (Wildman–Crippen LogP) is 5.93. The van der Waals surface area contributed by atoms with Crippen LogP contribution in [0.5, 0.6) is 0 Å². The number of carbonyl (C=O) groups is 4. The zero-order valence-electron chi connectivity index (χ0n) is 34.4. The molecule has 2 aliphatic heterocycles. The Hall–Kier alpha value is -4.97. The van der Waals surface area contributed by atoms with Crippen molar-refractivity contribution in [2.45, 2.75) is 161 Å². The quantitative estimate of drug-likeness (QED) is 0.0789. The molecule has 5 rings (SSSR count). The lowest BCUT2D eigenvalue weighted by molar-refractivity contribution is -0.171. The number of carbonyl (C=O) groups excluding carboxylic acids is 4. The fraction of sp³-hybridized carbons (Fsp3) is 0.684. The Kier molecular flexibility index (Phi) is 12.8. The molecule has 4 heterocycles. The summed E-state index contributed by atoms with van der Waals surface area (Å²) in [6.07, 6.45) is 1.74. The number of esters is 1. The number of rotatable bonds is 11. The highest BCUT2D eigenvalue weighted by atomic mass is 16.8. The first-order chi connectivity index (χ1) is 26.6. The number of ether oxygens (including phenoxy) is 6. The molecule has 0 unspecified atom stereocenters. The number of aromatic nitrogens is 3. The number of H-pyrrole nitrogens is 1. The molecule has 3 N–H and O–H groups in total. The Labute approximate surface area is 331 Å². The van der Waals surface area contributed by atoms with Crippen molar-refractivity contribution in [2.75, 3.05) is 6.61 Å². The van der Waals surface area contributed by atoms with E-state index in [2.05, 4.69) is 35.6 Å². The predicted molar refractivity (Wildman–Crippen MR) is 205 cm³/mol. The van der Waals surface area contributed by atoms with Crippen LogP contribution >= 0.6 is 0 Å². The maximum Gasteiger partial charge on any atom is 0.411 e. The summed E-state index contributed by atoms with van der Waals surface area (Å²) in [5.74, 6) is -2.10. The van der Waals surface area contributed by atoms with Gasteiger partial charge in [-0.15, -0.1) is 0 Å². The van der Waals surface area contributed by atoms with Crippen molar-refractivity contribution in [2.24, 2.45) is 5.11 Å². The Balaban J connectivity index is 1.51. The smallest absolute Gasteiger partial charge is 0.411 e. The normalized spacial score (nSPS) is 25.6. The highest BCUT2D eigenvalue weighted by molar-refractivity contribution is 5.90. The van der Waals surface area contributed by atoms with Crippen molar-refractivity contribution in [1.82, 2.24) is 30.5 Å². The summed E-state index contributed by atoms with van der Waals surface area (Å²) in [6.45, 7) is 18.8. The number of alkyl carbamates (subject to hydrolysis) is 1. The van der Waals surface area contributed by atoms with Crippen molar-refractivity contribution in [3.05, 3.63) is 40.2 Å². The van der Waals surface area contributed by atoms with Gasteiger partial charge in [-0.1, -0.05) is 13.8 Å². The molecule has 0 radical (unpaired) electrons. The van der Waals surface area contributed by atoms with Crippen LogP contribution in [0.15, 0.2) is 29.3 Å². The van der Waals surface area contributed by atoms with E-state index in [1.54, 1.807) is 67.7 Å². The van der Waals surface area contributed by atoms with E-state index < -0.39 is 77.6 Å². The van der Waals surface area contributed by atoms with Gasteiger partial charge in [0.05, 0.1) is 47.4 Å². The van der Waals surface area contributed by atoms with Crippen molar-refractivity contribution >= 4 is 40.9 Å². The van der Waals surface area contributed by atoms with Gasteiger partial charge >= 0.3 is 18.2 Å². The van der Waals surface area contributed by atoms with Gasteiger partial charge in [0.25, 0.3) is 0 Å². The average Bonchev–Trinajstić information content (AvgIpc) is 3.74. The first kappa shape index (κ1) is 43.2. The third-order valence-electron chi connectivity index (χ3n) is 9.62. The van der Waals surface area contributed by atoms with Crippen molar-refractivity contribution in [3.8, 4) is 0 Å². The zero-order valence-corrected chi connectivity index (χ0v) is 34.4. The number of fused-ring (bicyclic) bond motifs is 2. The topological polar surface area (TPSA) is 241 Å². The molecule has 3 amide bonds. The molecule has 19 nitrogen and oxygen atoms in total. The Morgan fingerprint density at radius 3 is 2.33 bits per heavy atom. The second-order valence-corrected chi connectivity index (χ2v) is 16.8. The van der Waals surface area contributed by atoms with E-state index in [1.807, 2.05) is 13.8 Å². The maximum absolute atomic E-state index is 14.2. The summed E-state index contributed by atoms with van der Waals surface area (Å²) in [6, 6.07) is -3.35. The van der Waals surface area contributed by atoms with Crippen LogP contribution in [-0.2, 0) is 38.0 Å². The molecule has 0 spiro atoms. The minimum atomic E-state index is -1.09. The van der Waals surface area contributed by atoms with Gasteiger partial charge in [-0.25, -0.2) is 24.4 Å². The van der Waals surface area contributed by atoms with E-state index in [0.29, 0.717) is 29.4 Å². The number of likely N-dealkylation sites (tertiary alicyclic amines) is 1. The van der Waals surface area contributed by atoms with Crippen LogP contribution in [0, 0.1) is 0 Å². The lowest BCUT2D eigenvalue weighted by Gasteiger charge is -2.39. The van der Waals surface area contributed by atoms with Crippen LogP contribution in [0.3, 0.4) is 0 Å². The van der Waals surface area contributed by atoms with Crippen LogP contribution < -0.4 is 10.6 Å². The summed E-state index contributed by atoms with van der Waals surface area (Å²) < 4.78 is 36.7. The van der Waals surface area contributed by atoms with Crippen molar-refractivity contribution in [1.29, 1.82) is 0 Å². The molecule has 3 aliphatic rings. The number of hydrogen-bond acceptors (Lipinski definition) is 13. The summed E-state index contributed by atoms with van der Waals surface area (Å²) in [7, 11) is 0. The molecule has 2 aromatic rings. The number of aromatic amines is 1. The van der Waals surface area contributed by atoms with Crippen LogP contribution in [0.25, 0.3) is 21.5 Å². The lowest BCUT2D eigenvalue weighted by Crippen LogP contribution is -2.60. The molecule has 1 aliphatic carbocycles. The van der Waals surface area contributed by atoms with Crippen LogP contribution in [0.1, 0.15) is 107 Å². The van der Waals surface area contributed by atoms with Gasteiger partial charge in [-0.2, -0.15) is 0 Å². The second kappa shape index (κ2) is 16.9. The maximum atomic E-state index is 14.2. The third-order valence-corrected chi connectivity index (χ3v) is 9.62. The summed E-state index contributed by atoms with van der Waals surface area (Å²) in [5.41, 5.74) is 8.84. The fourth-order valence-corrected chi connectivity index (χ4v) is 7.45. The average molecular weight is 798 g/mol. The van der Waals surface area contributed by atoms with Gasteiger partial charge in [0.2, 0.25) is 5.91 Å². The monoisotopic (exact) mass is 797 g/mol. The van der Waals surface area contributed by atoms with Crippen molar-refractivity contribution in [3.63, 3.8) is 0 Å².